The van der Waals surface area contributed by atoms with E-state index in [1.165, 1.54) is 10.7 Å². The molecule has 0 radical (unpaired) electrons. The molecule has 0 bridgehead atoms. The van der Waals surface area contributed by atoms with Crippen molar-refractivity contribution in [3.8, 4) is 0 Å². The summed E-state index contributed by atoms with van der Waals surface area (Å²) in [5.74, 6) is 0. The molecular weight excluding hydrogens is 206 g/mol. The van der Waals surface area contributed by atoms with Crippen LogP contribution in [-0.2, 0) is 11.3 Å². The summed E-state index contributed by atoms with van der Waals surface area (Å²) in [5, 5.41) is 7.26. The maximum Gasteiger partial charge on any atom is 0.266 e. The van der Waals surface area contributed by atoms with Crippen molar-refractivity contribution in [3.63, 3.8) is 0 Å². The number of rotatable bonds is 5. The minimum Gasteiger partial charge on any atom is -0.377 e. The highest BCUT2D eigenvalue weighted by atomic mass is 16.5. The Kier molecular flexibility index (Phi) is 4.07. The van der Waals surface area contributed by atoms with Gasteiger partial charge >= 0.3 is 0 Å². The molecule has 5 heteroatoms. The normalized spacial score (nSPS) is 20.1. The van der Waals surface area contributed by atoms with Gasteiger partial charge in [-0.15, -0.1) is 0 Å². The second kappa shape index (κ2) is 5.77. The molecule has 1 N–H and O–H groups in total. The first-order chi connectivity index (χ1) is 7.86. The molecule has 2 heterocycles. The summed E-state index contributed by atoms with van der Waals surface area (Å²) in [6.45, 7) is 3.09. The van der Waals surface area contributed by atoms with Crippen molar-refractivity contribution in [1.29, 1.82) is 0 Å². The number of hydrogen-bond donors (Lipinski definition) is 1. The molecule has 0 spiro atoms. The molecule has 88 valence electrons. The van der Waals surface area contributed by atoms with Crippen LogP contribution in [0.3, 0.4) is 0 Å². The van der Waals surface area contributed by atoms with Crippen LogP contribution in [0.25, 0.3) is 0 Å². The summed E-state index contributed by atoms with van der Waals surface area (Å²) < 4.78 is 6.94. The zero-order chi connectivity index (χ0) is 11.2. The standard InChI is InChI=1S/C11H17N3O2/c15-11-4-1-5-13-14(11)7-6-12-9-10-3-2-8-16-10/h1,4-5,10,12H,2-3,6-9H2. The third-order valence-corrected chi connectivity index (χ3v) is 2.68. The van der Waals surface area contributed by atoms with E-state index in [0.29, 0.717) is 12.6 Å². The lowest BCUT2D eigenvalue weighted by Crippen LogP contribution is -2.32. The Labute approximate surface area is 94.4 Å². The minimum atomic E-state index is -0.0542. The van der Waals surface area contributed by atoms with E-state index in [1.54, 1.807) is 12.3 Å². The van der Waals surface area contributed by atoms with Crippen molar-refractivity contribution in [2.45, 2.75) is 25.5 Å². The lowest BCUT2D eigenvalue weighted by Gasteiger charge is -2.10. The maximum absolute atomic E-state index is 11.3. The molecule has 2 rings (SSSR count). The molecule has 0 amide bonds. The van der Waals surface area contributed by atoms with Crippen LogP contribution in [0.1, 0.15) is 12.8 Å². The van der Waals surface area contributed by atoms with Crippen molar-refractivity contribution in [2.24, 2.45) is 0 Å². The van der Waals surface area contributed by atoms with Gasteiger partial charge in [0.2, 0.25) is 0 Å². The van der Waals surface area contributed by atoms with E-state index in [-0.39, 0.29) is 5.56 Å². The van der Waals surface area contributed by atoms with Gasteiger partial charge in [-0.25, -0.2) is 4.68 Å². The molecule has 1 aliphatic heterocycles. The zero-order valence-corrected chi connectivity index (χ0v) is 9.26. The molecule has 1 atom stereocenters. The van der Waals surface area contributed by atoms with Crippen molar-refractivity contribution in [2.75, 3.05) is 19.7 Å². The van der Waals surface area contributed by atoms with Gasteiger partial charge in [0.05, 0.1) is 12.6 Å². The highest BCUT2D eigenvalue weighted by Crippen LogP contribution is 2.10. The fraction of sp³-hybridized carbons (Fsp3) is 0.636. The van der Waals surface area contributed by atoms with Crippen LogP contribution in [0, 0.1) is 0 Å². The van der Waals surface area contributed by atoms with Gasteiger partial charge in [-0.3, -0.25) is 4.79 Å². The molecule has 1 aromatic heterocycles. The maximum atomic E-state index is 11.3. The highest BCUT2D eigenvalue weighted by molar-refractivity contribution is 4.84. The van der Waals surface area contributed by atoms with Gasteiger partial charge in [0.1, 0.15) is 0 Å². The molecule has 16 heavy (non-hydrogen) atoms. The van der Waals surface area contributed by atoms with E-state index in [9.17, 15) is 4.79 Å². The lowest BCUT2D eigenvalue weighted by atomic mass is 10.2. The first kappa shape index (κ1) is 11.3. The van der Waals surface area contributed by atoms with E-state index >= 15 is 0 Å². The van der Waals surface area contributed by atoms with E-state index < -0.39 is 0 Å². The molecule has 1 fully saturated rings. The van der Waals surface area contributed by atoms with E-state index in [0.717, 1.165) is 32.5 Å². The van der Waals surface area contributed by atoms with Gasteiger partial charge in [-0.05, 0) is 18.9 Å². The van der Waals surface area contributed by atoms with Crippen LogP contribution >= 0.6 is 0 Å². The second-order valence-electron chi connectivity index (χ2n) is 3.92. The molecule has 5 nitrogen and oxygen atoms in total. The van der Waals surface area contributed by atoms with Gasteiger partial charge in [0.25, 0.3) is 5.56 Å². The van der Waals surface area contributed by atoms with Crippen molar-refractivity contribution >= 4 is 0 Å². The average Bonchev–Trinajstić information content (AvgIpc) is 2.79. The Morgan fingerprint density at radius 3 is 3.31 bits per heavy atom. The Morgan fingerprint density at radius 2 is 2.56 bits per heavy atom. The Hall–Kier alpha value is -1.20. The molecular formula is C11H17N3O2. The molecule has 1 aliphatic rings. The number of ether oxygens (including phenoxy) is 1. The predicted octanol–water partition coefficient (Wildman–Crippen LogP) is 0.0119. The van der Waals surface area contributed by atoms with Gasteiger partial charge < -0.3 is 10.1 Å². The van der Waals surface area contributed by atoms with Crippen molar-refractivity contribution < 1.29 is 4.74 Å². The largest absolute Gasteiger partial charge is 0.377 e. The van der Waals surface area contributed by atoms with E-state index in [2.05, 4.69) is 10.4 Å². The van der Waals surface area contributed by atoms with E-state index in [1.807, 2.05) is 0 Å². The summed E-state index contributed by atoms with van der Waals surface area (Å²) in [6.07, 6.45) is 4.27. The first-order valence-corrected chi connectivity index (χ1v) is 5.71. The number of hydrogen-bond acceptors (Lipinski definition) is 4. The van der Waals surface area contributed by atoms with Gasteiger partial charge in [0, 0.05) is 32.0 Å². The molecule has 0 aliphatic carbocycles. The molecule has 1 aromatic rings. The number of aromatic nitrogens is 2. The summed E-state index contributed by atoms with van der Waals surface area (Å²) in [7, 11) is 0. The van der Waals surface area contributed by atoms with E-state index in [4.69, 9.17) is 4.74 Å². The Bertz CT molecular complexity index is 371. The van der Waals surface area contributed by atoms with Crippen LogP contribution < -0.4 is 10.9 Å². The lowest BCUT2D eigenvalue weighted by molar-refractivity contribution is 0.110. The van der Waals surface area contributed by atoms with Crippen molar-refractivity contribution in [1.82, 2.24) is 15.1 Å². The monoisotopic (exact) mass is 223 g/mol. The average molecular weight is 223 g/mol. The molecule has 1 saturated heterocycles. The van der Waals surface area contributed by atoms with Crippen LogP contribution in [0.5, 0.6) is 0 Å². The van der Waals surface area contributed by atoms with Gasteiger partial charge in [-0.2, -0.15) is 5.10 Å². The summed E-state index contributed by atoms with van der Waals surface area (Å²) >= 11 is 0. The summed E-state index contributed by atoms with van der Waals surface area (Å²) in [4.78, 5) is 11.3. The quantitative estimate of drug-likeness (QED) is 0.715. The SMILES string of the molecule is O=c1cccnn1CCNCC1CCCO1. The Morgan fingerprint density at radius 1 is 1.62 bits per heavy atom. The fourth-order valence-corrected chi connectivity index (χ4v) is 1.81. The van der Waals surface area contributed by atoms with Crippen LogP contribution in [0.15, 0.2) is 23.1 Å². The number of nitrogens with zero attached hydrogens (tertiary/aromatic N) is 2. The van der Waals surface area contributed by atoms with Gasteiger partial charge in [-0.1, -0.05) is 0 Å². The van der Waals surface area contributed by atoms with Crippen LogP contribution in [0.4, 0.5) is 0 Å². The highest BCUT2D eigenvalue weighted by Gasteiger charge is 2.14. The zero-order valence-electron chi connectivity index (χ0n) is 9.26. The first-order valence-electron chi connectivity index (χ1n) is 5.71. The second-order valence-corrected chi connectivity index (χ2v) is 3.92. The van der Waals surface area contributed by atoms with Crippen LogP contribution in [-0.4, -0.2) is 35.6 Å². The molecule has 0 saturated carbocycles. The topological polar surface area (TPSA) is 56.2 Å². The Balaban J connectivity index is 1.68. The van der Waals surface area contributed by atoms with Crippen molar-refractivity contribution in [3.05, 3.63) is 28.7 Å². The smallest absolute Gasteiger partial charge is 0.266 e. The molecule has 0 aromatic carbocycles. The third kappa shape index (κ3) is 3.15. The summed E-state index contributed by atoms with van der Waals surface area (Å²) in [5.41, 5.74) is -0.0542. The molecule has 1 unspecified atom stereocenters. The number of nitrogens with one attached hydrogen (secondary N) is 1. The fourth-order valence-electron chi connectivity index (χ4n) is 1.81. The van der Waals surface area contributed by atoms with Crippen LogP contribution in [0.2, 0.25) is 0 Å². The summed E-state index contributed by atoms with van der Waals surface area (Å²) in [6, 6.07) is 3.17. The minimum absolute atomic E-state index is 0.0542. The predicted molar refractivity (Wildman–Crippen MR) is 60.3 cm³/mol. The van der Waals surface area contributed by atoms with Gasteiger partial charge in [0.15, 0.2) is 0 Å². The third-order valence-electron chi connectivity index (χ3n) is 2.68.